The van der Waals surface area contributed by atoms with Gasteiger partial charge in [0.15, 0.2) is 11.5 Å². The third kappa shape index (κ3) is 5.21. The smallest absolute Gasteiger partial charge is 0.161 e. The Kier molecular flexibility index (Phi) is 6.33. The molecule has 1 heterocycles. The third-order valence-electron chi connectivity index (χ3n) is 3.53. The van der Waals surface area contributed by atoms with Crippen LogP contribution in [0.2, 0.25) is 0 Å². The average Bonchev–Trinajstić information content (AvgIpc) is 2.98. The van der Waals surface area contributed by atoms with Crippen LogP contribution in [0.1, 0.15) is 32.3 Å². The fourth-order valence-electron chi connectivity index (χ4n) is 2.38. The summed E-state index contributed by atoms with van der Waals surface area (Å²) in [7, 11) is 1.68. The van der Waals surface area contributed by atoms with Gasteiger partial charge in [-0.15, -0.1) is 0 Å². The normalized spacial score (nSPS) is 18.2. The number of nitrogens with one attached hydrogen (secondary N) is 1. The maximum atomic E-state index is 5.76. The van der Waals surface area contributed by atoms with E-state index in [1.165, 1.54) is 12.0 Å². The molecule has 1 aromatic carbocycles. The Bertz CT molecular complexity index is 428. The lowest BCUT2D eigenvalue weighted by molar-refractivity contribution is 0.110. The van der Waals surface area contributed by atoms with E-state index in [0.29, 0.717) is 18.6 Å². The summed E-state index contributed by atoms with van der Waals surface area (Å²) in [4.78, 5) is 0. The quantitative estimate of drug-likeness (QED) is 0.800. The molecule has 1 unspecified atom stereocenters. The van der Waals surface area contributed by atoms with Crippen molar-refractivity contribution in [1.82, 2.24) is 5.32 Å². The van der Waals surface area contributed by atoms with E-state index in [4.69, 9.17) is 14.2 Å². The molecule has 1 atom stereocenters. The van der Waals surface area contributed by atoms with Crippen LogP contribution in [0.4, 0.5) is 0 Å². The van der Waals surface area contributed by atoms with Crippen LogP contribution in [0.5, 0.6) is 11.5 Å². The Morgan fingerprint density at radius 2 is 2.19 bits per heavy atom. The molecule has 1 saturated heterocycles. The van der Waals surface area contributed by atoms with Crippen molar-refractivity contribution in [2.24, 2.45) is 5.92 Å². The standard InChI is InChI=1S/C17H27NO3/c1-13(2)12-21-16-7-6-14(9-17(16)19-3)10-18-11-15-5-4-8-20-15/h6-7,9,13,15,18H,4-5,8,10-12H2,1-3H3. The highest BCUT2D eigenvalue weighted by Crippen LogP contribution is 2.28. The van der Waals surface area contributed by atoms with Crippen molar-refractivity contribution >= 4 is 0 Å². The molecule has 1 N–H and O–H groups in total. The van der Waals surface area contributed by atoms with Crippen molar-refractivity contribution < 1.29 is 14.2 Å². The second-order valence-electron chi connectivity index (χ2n) is 5.96. The van der Waals surface area contributed by atoms with Gasteiger partial charge < -0.3 is 19.5 Å². The molecule has 0 amide bonds. The van der Waals surface area contributed by atoms with E-state index in [-0.39, 0.29) is 0 Å². The molecule has 4 nitrogen and oxygen atoms in total. The second-order valence-corrected chi connectivity index (χ2v) is 5.96. The minimum absolute atomic E-state index is 0.376. The van der Waals surface area contributed by atoms with Gasteiger partial charge in [-0.1, -0.05) is 19.9 Å². The predicted molar refractivity (Wildman–Crippen MR) is 84.0 cm³/mol. The van der Waals surface area contributed by atoms with E-state index in [1.807, 2.05) is 12.1 Å². The van der Waals surface area contributed by atoms with Gasteiger partial charge in [0.05, 0.1) is 19.8 Å². The molecule has 0 aromatic heterocycles. The fourth-order valence-corrected chi connectivity index (χ4v) is 2.38. The van der Waals surface area contributed by atoms with Gasteiger partial charge >= 0.3 is 0 Å². The largest absolute Gasteiger partial charge is 0.493 e. The van der Waals surface area contributed by atoms with Crippen LogP contribution in [0, 0.1) is 5.92 Å². The summed E-state index contributed by atoms with van der Waals surface area (Å²) in [5.41, 5.74) is 1.20. The lowest BCUT2D eigenvalue weighted by Crippen LogP contribution is -2.25. The first kappa shape index (κ1) is 16.1. The van der Waals surface area contributed by atoms with Gasteiger partial charge in [-0.2, -0.15) is 0 Å². The second kappa shape index (κ2) is 8.25. The van der Waals surface area contributed by atoms with Crippen LogP contribution in [0.3, 0.4) is 0 Å². The first-order valence-corrected chi connectivity index (χ1v) is 7.81. The molecule has 1 aliphatic rings. The molecule has 4 heteroatoms. The Hall–Kier alpha value is -1.26. The topological polar surface area (TPSA) is 39.7 Å². The van der Waals surface area contributed by atoms with Gasteiger partial charge in [0.2, 0.25) is 0 Å². The molecular weight excluding hydrogens is 266 g/mol. The maximum Gasteiger partial charge on any atom is 0.161 e. The number of rotatable bonds is 8. The Morgan fingerprint density at radius 1 is 1.33 bits per heavy atom. The minimum atomic E-state index is 0.376. The molecule has 0 spiro atoms. The molecule has 0 bridgehead atoms. The van der Waals surface area contributed by atoms with Gasteiger partial charge in [-0.05, 0) is 36.5 Å². The molecule has 1 fully saturated rings. The van der Waals surface area contributed by atoms with Crippen LogP contribution in [-0.2, 0) is 11.3 Å². The van der Waals surface area contributed by atoms with Crippen LogP contribution < -0.4 is 14.8 Å². The van der Waals surface area contributed by atoms with Gasteiger partial charge in [0, 0.05) is 19.7 Å². The lowest BCUT2D eigenvalue weighted by Gasteiger charge is -2.14. The summed E-state index contributed by atoms with van der Waals surface area (Å²) in [5.74, 6) is 2.11. The van der Waals surface area contributed by atoms with E-state index >= 15 is 0 Å². The monoisotopic (exact) mass is 293 g/mol. The van der Waals surface area contributed by atoms with E-state index in [2.05, 4.69) is 25.2 Å². The summed E-state index contributed by atoms with van der Waals surface area (Å²) in [5, 5.41) is 3.44. The van der Waals surface area contributed by atoms with Crippen molar-refractivity contribution in [3.05, 3.63) is 23.8 Å². The Morgan fingerprint density at radius 3 is 2.86 bits per heavy atom. The SMILES string of the molecule is COc1cc(CNCC2CCCO2)ccc1OCC(C)C. The first-order chi connectivity index (χ1) is 10.2. The first-order valence-electron chi connectivity index (χ1n) is 7.81. The van der Waals surface area contributed by atoms with Crippen molar-refractivity contribution in [2.45, 2.75) is 39.3 Å². The lowest BCUT2D eigenvalue weighted by atomic mass is 10.2. The minimum Gasteiger partial charge on any atom is -0.493 e. The van der Waals surface area contributed by atoms with E-state index in [9.17, 15) is 0 Å². The predicted octanol–water partition coefficient (Wildman–Crippen LogP) is 3.00. The van der Waals surface area contributed by atoms with Crippen molar-refractivity contribution in [3.8, 4) is 11.5 Å². The third-order valence-corrected chi connectivity index (χ3v) is 3.53. The fraction of sp³-hybridized carbons (Fsp3) is 0.647. The molecule has 118 valence electrons. The zero-order chi connectivity index (χ0) is 15.1. The van der Waals surface area contributed by atoms with Gasteiger partial charge in [-0.25, -0.2) is 0 Å². The van der Waals surface area contributed by atoms with E-state index in [1.54, 1.807) is 7.11 Å². The molecule has 1 aliphatic heterocycles. The number of ether oxygens (including phenoxy) is 3. The zero-order valence-corrected chi connectivity index (χ0v) is 13.4. The number of hydrogen-bond acceptors (Lipinski definition) is 4. The molecule has 0 saturated carbocycles. The average molecular weight is 293 g/mol. The zero-order valence-electron chi connectivity index (χ0n) is 13.4. The summed E-state index contributed by atoms with van der Waals surface area (Å²) in [6, 6.07) is 6.11. The molecule has 21 heavy (non-hydrogen) atoms. The van der Waals surface area contributed by atoms with Crippen LogP contribution in [-0.4, -0.2) is 33.0 Å². The highest BCUT2D eigenvalue weighted by Gasteiger charge is 2.14. The number of hydrogen-bond donors (Lipinski definition) is 1. The van der Waals surface area contributed by atoms with Gasteiger partial charge in [0.1, 0.15) is 0 Å². The number of methoxy groups -OCH3 is 1. The highest BCUT2D eigenvalue weighted by molar-refractivity contribution is 5.42. The van der Waals surface area contributed by atoms with Crippen molar-refractivity contribution in [2.75, 3.05) is 26.9 Å². The van der Waals surface area contributed by atoms with Gasteiger partial charge in [0.25, 0.3) is 0 Å². The molecule has 1 aromatic rings. The molecule has 0 aliphatic carbocycles. The summed E-state index contributed by atoms with van der Waals surface area (Å²) in [6.45, 7) is 7.61. The molecule has 2 rings (SSSR count). The Balaban J connectivity index is 1.85. The van der Waals surface area contributed by atoms with Crippen LogP contribution >= 0.6 is 0 Å². The molecular formula is C17H27NO3. The van der Waals surface area contributed by atoms with Crippen molar-refractivity contribution in [1.29, 1.82) is 0 Å². The van der Waals surface area contributed by atoms with Crippen LogP contribution in [0.15, 0.2) is 18.2 Å². The Labute approximate surface area is 127 Å². The molecule has 0 radical (unpaired) electrons. The summed E-state index contributed by atoms with van der Waals surface area (Å²) in [6.07, 6.45) is 2.72. The van der Waals surface area contributed by atoms with E-state index < -0.39 is 0 Å². The highest BCUT2D eigenvalue weighted by atomic mass is 16.5. The summed E-state index contributed by atoms with van der Waals surface area (Å²) < 4.78 is 16.8. The number of benzene rings is 1. The maximum absolute atomic E-state index is 5.76. The van der Waals surface area contributed by atoms with Gasteiger partial charge in [-0.3, -0.25) is 0 Å². The van der Waals surface area contributed by atoms with Crippen molar-refractivity contribution in [3.63, 3.8) is 0 Å². The van der Waals surface area contributed by atoms with E-state index in [0.717, 1.165) is 37.6 Å². The van der Waals surface area contributed by atoms with Crippen LogP contribution in [0.25, 0.3) is 0 Å². The summed E-state index contributed by atoms with van der Waals surface area (Å²) >= 11 is 0.